The number of nitrogen functional groups attached to an aromatic ring is 1. The molecule has 6 nitrogen and oxygen atoms in total. The summed E-state index contributed by atoms with van der Waals surface area (Å²) in [6.45, 7) is 0. The molecule has 2 rings (SSSR count). The summed E-state index contributed by atoms with van der Waals surface area (Å²) >= 11 is 3.19. The third-order valence-electron chi connectivity index (χ3n) is 2.66. The number of rotatable bonds is 3. The van der Waals surface area contributed by atoms with Crippen LogP contribution in [-0.4, -0.2) is 10.8 Å². The molecule has 1 amide bonds. The Morgan fingerprint density at radius 1 is 1.29 bits per heavy atom. The van der Waals surface area contributed by atoms with Crippen molar-refractivity contribution in [2.45, 2.75) is 0 Å². The van der Waals surface area contributed by atoms with Crippen molar-refractivity contribution in [2.75, 3.05) is 11.1 Å². The van der Waals surface area contributed by atoms with E-state index < -0.39 is 22.3 Å². The van der Waals surface area contributed by atoms with Gasteiger partial charge >= 0.3 is 0 Å². The van der Waals surface area contributed by atoms with E-state index in [1.54, 1.807) is 6.07 Å². The van der Waals surface area contributed by atoms with Gasteiger partial charge in [0.15, 0.2) is 0 Å². The molecule has 2 aromatic rings. The van der Waals surface area contributed by atoms with Crippen molar-refractivity contribution in [1.29, 1.82) is 0 Å². The highest BCUT2D eigenvalue weighted by atomic mass is 79.9. The highest BCUT2D eigenvalue weighted by Gasteiger charge is 2.17. The van der Waals surface area contributed by atoms with Crippen molar-refractivity contribution in [3.8, 4) is 0 Å². The van der Waals surface area contributed by atoms with Gasteiger partial charge in [0.2, 0.25) is 0 Å². The van der Waals surface area contributed by atoms with E-state index in [1.807, 2.05) is 0 Å². The number of nitro groups is 1. The van der Waals surface area contributed by atoms with Crippen molar-refractivity contribution in [3.63, 3.8) is 0 Å². The molecular formula is C13H9BrFN3O3. The van der Waals surface area contributed by atoms with E-state index in [0.29, 0.717) is 10.2 Å². The maximum Gasteiger partial charge on any atom is 0.292 e. The molecule has 2 aromatic carbocycles. The largest absolute Gasteiger partial charge is 0.398 e. The van der Waals surface area contributed by atoms with Gasteiger partial charge in [0, 0.05) is 27.9 Å². The lowest BCUT2D eigenvalue weighted by molar-refractivity contribution is -0.384. The first-order chi connectivity index (χ1) is 9.88. The molecule has 21 heavy (non-hydrogen) atoms. The van der Waals surface area contributed by atoms with Gasteiger partial charge in [-0.25, -0.2) is 4.39 Å². The van der Waals surface area contributed by atoms with E-state index >= 15 is 0 Å². The average Bonchev–Trinajstić information content (AvgIpc) is 2.41. The van der Waals surface area contributed by atoms with Gasteiger partial charge in [-0.1, -0.05) is 0 Å². The van der Waals surface area contributed by atoms with Crippen molar-refractivity contribution >= 4 is 38.9 Å². The second-order valence-corrected chi connectivity index (χ2v) is 4.96. The van der Waals surface area contributed by atoms with Crippen LogP contribution in [0.5, 0.6) is 0 Å². The van der Waals surface area contributed by atoms with Crippen molar-refractivity contribution in [3.05, 3.63) is 62.4 Å². The number of amides is 1. The normalized spacial score (nSPS) is 10.2. The zero-order valence-corrected chi connectivity index (χ0v) is 12.1. The monoisotopic (exact) mass is 353 g/mol. The summed E-state index contributed by atoms with van der Waals surface area (Å²) in [7, 11) is 0. The molecule has 0 atom stereocenters. The molecule has 108 valence electrons. The number of nitrogens with zero attached hydrogens (tertiary/aromatic N) is 1. The second-order valence-electron chi connectivity index (χ2n) is 4.11. The van der Waals surface area contributed by atoms with Gasteiger partial charge in [0.05, 0.1) is 4.92 Å². The number of carbonyl (C=O) groups is 1. The smallest absolute Gasteiger partial charge is 0.292 e. The molecule has 0 aromatic heterocycles. The van der Waals surface area contributed by atoms with E-state index in [-0.39, 0.29) is 11.3 Å². The molecule has 3 N–H and O–H groups in total. The molecular weight excluding hydrogens is 345 g/mol. The van der Waals surface area contributed by atoms with Gasteiger partial charge in [-0.05, 0) is 40.2 Å². The molecule has 0 aliphatic rings. The summed E-state index contributed by atoms with van der Waals surface area (Å²) < 4.78 is 13.8. The lowest BCUT2D eigenvalue weighted by Crippen LogP contribution is -2.13. The fraction of sp³-hybridized carbons (Fsp3) is 0. The minimum absolute atomic E-state index is 0.203. The maximum absolute atomic E-state index is 13.2. The molecule has 0 radical (unpaired) electrons. The van der Waals surface area contributed by atoms with Crippen molar-refractivity contribution in [2.24, 2.45) is 0 Å². The summed E-state index contributed by atoms with van der Waals surface area (Å²) in [5.41, 5.74) is 5.60. The Labute approximate surface area is 127 Å². The predicted octanol–water partition coefficient (Wildman–Crippen LogP) is 3.33. The zero-order valence-electron chi connectivity index (χ0n) is 10.5. The number of hydrogen-bond donors (Lipinski definition) is 2. The molecule has 0 fully saturated rings. The van der Waals surface area contributed by atoms with Gasteiger partial charge in [0.25, 0.3) is 11.6 Å². The van der Waals surface area contributed by atoms with Gasteiger partial charge < -0.3 is 11.1 Å². The molecule has 8 heteroatoms. The van der Waals surface area contributed by atoms with E-state index in [4.69, 9.17) is 5.73 Å². The fourth-order valence-corrected chi connectivity index (χ4v) is 1.89. The number of halogens is 2. The third-order valence-corrected chi connectivity index (χ3v) is 3.38. The Morgan fingerprint density at radius 3 is 2.62 bits per heavy atom. The first kappa shape index (κ1) is 14.9. The van der Waals surface area contributed by atoms with E-state index in [0.717, 1.165) is 18.2 Å². The van der Waals surface area contributed by atoms with Crippen LogP contribution in [0.4, 0.5) is 21.5 Å². The maximum atomic E-state index is 13.2. The van der Waals surface area contributed by atoms with Crippen LogP contribution in [-0.2, 0) is 0 Å². The summed E-state index contributed by atoms with van der Waals surface area (Å²) in [5.74, 6) is -1.31. The van der Waals surface area contributed by atoms with Crippen LogP contribution in [0.15, 0.2) is 40.9 Å². The van der Waals surface area contributed by atoms with Crippen LogP contribution >= 0.6 is 15.9 Å². The predicted molar refractivity (Wildman–Crippen MR) is 79.6 cm³/mol. The van der Waals surface area contributed by atoms with Crippen LogP contribution in [0.2, 0.25) is 0 Å². The second kappa shape index (κ2) is 5.88. The summed E-state index contributed by atoms with van der Waals surface area (Å²) in [5, 5.41) is 13.2. The standard InChI is InChI=1S/C13H9BrFN3O3/c14-9-3-1-7(5-10(9)16)13(19)17-11-6-8(15)2-4-12(11)18(20)21/h1-6H,16H2,(H,17,19). The lowest BCUT2D eigenvalue weighted by Gasteiger charge is -2.07. The number of nitro benzene ring substituents is 1. The van der Waals surface area contributed by atoms with Gasteiger partial charge in [-0.2, -0.15) is 0 Å². The Balaban J connectivity index is 2.33. The number of benzene rings is 2. The molecule has 0 unspecified atom stereocenters. The van der Waals surface area contributed by atoms with E-state index in [2.05, 4.69) is 21.2 Å². The Hall–Kier alpha value is -2.48. The minimum atomic E-state index is -0.703. The molecule has 0 aliphatic carbocycles. The molecule has 0 saturated carbocycles. The van der Waals surface area contributed by atoms with Crippen LogP contribution in [0.1, 0.15) is 10.4 Å². The van der Waals surface area contributed by atoms with Gasteiger partial charge in [-0.15, -0.1) is 0 Å². The first-order valence-electron chi connectivity index (χ1n) is 5.69. The molecule has 0 aliphatic heterocycles. The Kier molecular flexibility index (Phi) is 4.18. The summed E-state index contributed by atoms with van der Waals surface area (Å²) in [6, 6.07) is 7.29. The van der Waals surface area contributed by atoms with Crippen molar-refractivity contribution < 1.29 is 14.1 Å². The Morgan fingerprint density at radius 2 is 2.00 bits per heavy atom. The topological polar surface area (TPSA) is 98.3 Å². The van der Waals surface area contributed by atoms with Crippen LogP contribution in [0.25, 0.3) is 0 Å². The first-order valence-corrected chi connectivity index (χ1v) is 6.48. The average molecular weight is 354 g/mol. The third kappa shape index (κ3) is 3.34. The molecule has 0 saturated heterocycles. The van der Waals surface area contributed by atoms with Crippen molar-refractivity contribution in [1.82, 2.24) is 0 Å². The van der Waals surface area contributed by atoms with Gasteiger partial charge in [-0.3, -0.25) is 14.9 Å². The van der Waals surface area contributed by atoms with Crippen LogP contribution in [0, 0.1) is 15.9 Å². The molecule has 0 bridgehead atoms. The highest BCUT2D eigenvalue weighted by Crippen LogP contribution is 2.26. The number of nitrogens with one attached hydrogen (secondary N) is 1. The van der Waals surface area contributed by atoms with Crippen LogP contribution in [0.3, 0.4) is 0 Å². The molecule has 0 heterocycles. The highest BCUT2D eigenvalue weighted by molar-refractivity contribution is 9.10. The molecule has 0 spiro atoms. The zero-order chi connectivity index (χ0) is 15.6. The summed E-state index contributed by atoms with van der Waals surface area (Å²) in [6.07, 6.45) is 0. The number of nitrogens with two attached hydrogens (primary N) is 1. The summed E-state index contributed by atoms with van der Waals surface area (Å²) in [4.78, 5) is 22.2. The lowest BCUT2D eigenvalue weighted by atomic mass is 10.2. The van der Waals surface area contributed by atoms with E-state index in [1.165, 1.54) is 12.1 Å². The SMILES string of the molecule is Nc1cc(C(=O)Nc2cc(F)ccc2[N+](=O)[O-])ccc1Br. The quantitative estimate of drug-likeness (QED) is 0.502. The number of carbonyl (C=O) groups excluding carboxylic acids is 1. The van der Waals surface area contributed by atoms with Crippen LogP contribution < -0.4 is 11.1 Å². The van der Waals surface area contributed by atoms with Gasteiger partial charge in [0.1, 0.15) is 11.5 Å². The Bertz CT molecular complexity index is 737. The fourth-order valence-electron chi connectivity index (χ4n) is 1.65. The minimum Gasteiger partial charge on any atom is -0.398 e. The number of hydrogen-bond acceptors (Lipinski definition) is 4. The van der Waals surface area contributed by atoms with E-state index in [9.17, 15) is 19.3 Å². The number of anilines is 2.